The molecule has 0 radical (unpaired) electrons. The minimum Gasteiger partial charge on any atom is -0.346 e. The lowest BCUT2D eigenvalue weighted by atomic mass is 10.0. The van der Waals surface area contributed by atoms with Crippen molar-refractivity contribution in [3.63, 3.8) is 0 Å². The van der Waals surface area contributed by atoms with Gasteiger partial charge in [0.2, 0.25) is 4.47 Å². The van der Waals surface area contributed by atoms with E-state index in [1.165, 1.54) is 11.5 Å². The largest absolute Gasteiger partial charge is 0.346 e. The third-order valence-corrected chi connectivity index (χ3v) is 7.19. The quantitative estimate of drug-likeness (QED) is 0.561. The molecule has 3 aromatic rings. The molecule has 0 unspecified atom stereocenters. The minimum absolute atomic E-state index is 0.0363. The predicted octanol–water partition coefficient (Wildman–Crippen LogP) is 5.25. The van der Waals surface area contributed by atoms with Gasteiger partial charge in [-0.25, -0.2) is 4.98 Å². The Morgan fingerprint density at radius 2 is 1.92 bits per heavy atom. The highest BCUT2D eigenvalue weighted by atomic mass is 35.5. The summed E-state index contributed by atoms with van der Waals surface area (Å²) >= 11 is 7.08. The lowest BCUT2D eigenvalue weighted by molar-refractivity contribution is 0.0946. The van der Waals surface area contributed by atoms with E-state index in [1.54, 1.807) is 0 Å². The molecule has 136 valence electrons. The summed E-state index contributed by atoms with van der Waals surface area (Å²) < 4.78 is 6.85. The average Bonchev–Trinajstić information content (AvgIpc) is 2.98. The molecule has 0 spiro atoms. The highest BCUT2D eigenvalue weighted by Crippen LogP contribution is 2.69. The molecular weight excluding hydrogens is 366 g/mol. The van der Waals surface area contributed by atoms with Crippen LogP contribution in [0.3, 0.4) is 0 Å². The monoisotopic (exact) mass is 387 g/mol. The SMILES string of the molecule is CC1(C)C(C(=O)c2cn(CCc3nsc(Cl)n3)c3ccccc23)C1(C)C. The fraction of sp³-hybridized carbons (Fsp3) is 0.450. The summed E-state index contributed by atoms with van der Waals surface area (Å²) in [4.78, 5) is 17.5. The van der Waals surface area contributed by atoms with Crippen LogP contribution >= 0.6 is 23.1 Å². The Kier molecular flexibility index (Phi) is 4.01. The number of para-hydroxylation sites is 1. The fourth-order valence-electron chi connectivity index (χ4n) is 4.19. The van der Waals surface area contributed by atoms with Gasteiger partial charge in [0.05, 0.1) is 0 Å². The maximum atomic E-state index is 13.3. The van der Waals surface area contributed by atoms with Crippen LogP contribution in [0, 0.1) is 16.7 Å². The van der Waals surface area contributed by atoms with E-state index in [0.717, 1.165) is 28.8 Å². The number of benzene rings is 1. The molecule has 4 nitrogen and oxygen atoms in total. The number of hydrogen-bond acceptors (Lipinski definition) is 4. The fourth-order valence-corrected chi connectivity index (χ4v) is 4.85. The van der Waals surface area contributed by atoms with Gasteiger partial charge in [-0.15, -0.1) is 0 Å². The second kappa shape index (κ2) is 5.89. The number of carbonyl (C=O) groups excluding carboxylic acids is 1. The van der Waals surface area contributed by atoms with Gasteiger partial charge >= 0.3 is 0 Å². The molecular formula is C20H22ClN3OS. The summed E-state index contributed by atoms with van der Waals surface area (Å²) in [5.74, 6) is 1.06. The molecule has 1 aromatic carbocycles. The van der Waals surface area contributed by atoms with E-state index in [9.17, 15) is 4.79 Å². The number of fused-ring (bicyclic) bond motifs is 1. The number of rotatable bonds is 5. The lowest BCUT2D eigenvalue weighted by Gasteiger charge is -2.03. The van der Waals surface area contributed by atoms with E-state index in [1.807, 2.05) is 24.4 Å². The zero-order valence-electron chi connectivity index (χ0n) is 15.4. The summed E-state index contributed by atoms with van der Waals surface area (Å²) in [6.07, 6.45) is 2.70. The van der Waals surface area contributed by atoms with Crippen molar-refractivity contribution in [2.24, 2.45) is 16.7 Å². The zero-order chi connectivity index (χ0) is 18.7. The van der Waals surface area contributed by atoms with Gasteiger partial charge in [0, 0.05) is 41.5 Å². The molecule has 26 heavy (non-hydrogen) atoms. The Morgan fingerprint density at radius 1 is 1.23 bits per heavy atom. The van der Waals surface area contributed by atoms with Crippen LogP contribution in [0.25, 0.3) is 10.9 Å². The number of nitrogens with zero attached hydrogens (tertiary/aromatic N) is 3. The molecule has 1 saturated carbocycles. The standard InChI is InChI=1S/C20H22ClN3OS/c1-19(2)17(20(19,3)4)16(25)13-11-24(14-8-6-5-7-12(13)14)10-9-15-22-18(21)26-23-15/h5-8,11,17H,9-10H2,1-4H3. The molecule has 0 N–H and O–H groups in total. The first-order chi connectivity index (χ1) is 12.2. The lowest BCUT2D eigenvalue weighted by Crippen LogP contribution is -2.07. The van der Waals surface area contributed by atoms with Gasteiger partial charge in [-0.1, -0.05) is 45.9 Å². The van der Waals surface area contributed by atoms with Crippen LogP contribution in [-0.2, 0) is 13.0 Å². The van der Waals surface area contributed by atoms with E-state index in [4.69, 9.17) is 11.6 Å². The highest BCUT2D eigenvalue weighted by Gasteiger charge is 2.68. The van der Waals surface area contributed by atoms with Crippen LogP contribution in [0.2, 0.25) is 4.47 Å². The van der Waals surface area contributed by atoms with E-state index < -0.39 is 0 Å². The van der Waals surface area contributed by atoms with Crippen molar-refractivity contribution in [2.75, 3.05) is 0 Å². The van der Waals surface area contributed by atoms with Crippen molar-refractivity contribution in [1.82, 2.24) is 13.9 Å². The third kappa shape index (κ3) is 2.60. The van der Waals surface area contributed by atoms with Crippen molar-refractivity contribution >= 4 is 39.8 Å². The van der Waals surface area contributed by atoms with E-state index in [0.29, 0.717) is 10.9 Å². The maximum absolute atomic E-state index is 13.3. The first kappa shape index (κ1) is 17.7. The number of halogens is 1. The minimum atomic E-state index is 0.0363. The number of aryl methyl sites for hydroxylation is 2. The molecule has 1 aliphatic carbocycles. The Labute approximate surface area is 162 Å². The predicted molar refractivity (Wildman–Crippen MR) is 106 cm³/mol. The molecule has 0 atom stereocenters. The van der Waals surface area contributed by atoms with Gasteiger partial charge in [-0.3, -0.25) is 4.79 Å². The summed E-state index contributed by atoms with van der Waals surface area (Å²) in [5, 5.41) is 1.03. The van der Waals surface area contributed by atoms with Gasteiger partial charge in [0.25, 0.3) is 0 Å². The molecule has 1 aliphatic rings. The highest BCUT2D eigenvalue weighted by molar-refractivity contribution is 7.10. The van der Waals surface area contributed by atoms with Crippen molar-refractivity contribution < 1.29 is 4.79 Å². The Hall–Kier alpha value is -1.72. The smallest absolute Gasteiger partial charge is 0.203 e. The van der Waals surface area contributed by atoms with Gasteiger partial charge in [0.1, 0.15) is 5.82 Å². The second-order valence-corrected chi connectivity index (χ2v) is 9.54. The summed E-state index contributed by atoms with van der Waals surface area (Å²) in [5.41, 5.74) is 1.98. The Bertz CT molecular complexity index is 988. The number of aromatic nitrogens is 3. The van der Waals surface area contributed by atoms with Crippen molar-refractivity contribution in [3.8, 4) is 0 Å². The van der Waals surface area contributed by atoms with Gasteiger partial charge in [-0.2, -0.15) is 4.37 Å². The average molecular weight is 388 g/mol. The van der Waals surface area contributed by atoms with Crippen LogP contribution in [0.5, 0.6) is 0 Å². The molecule has 0 aliphatic heterocycles. The van der Waals surface area contributed by atoms with E-state index >= 15 is 0 Å². The first-order valence-electron chi connectivity index (χ1n) is 8.83. The molecule has 2 aromatic heterocycles. The van der Waals surface area contributed by atoms with Crippen molar-refractivity contribution in [2.45, 2.75) is 40.7 Å². The Balaban J connectivity index is 1.67. The summed E-state index contributed by atoms with van der Waals surface area (Å²) in [6.45, 7) is 9.47. The van der Waals surface area contributed by atoms with Crippen LogP contribution in [0.15, 0.2) is 30.5 Å². The molecule has 0 amide bonds. The zero-order valence-corrected chi connectivity index (χ0v) is 17.0. The molecule has 2 heterocycles. The van der Waals surface area contributed by atoms with E-state index in [-0.39, 0.29) is 22.5 Å². The van der Waals surface area contributed by atoms with Gasteiger partial charge in [0.15, 0.2) is 5.78 Å². The first-order valence-corrected chi connectivity index (χ1v) is 9.99. The summed E-state index contributed by atoms with van der Waals surface area (Å²) in [7, 11) is 0. The van der Waals surface area contributed by atoms with Crippen molar-refractivity contribution in [1.29, 1.82) is 0 Å². The second-order valence-electron chi connectivity index (χ2n) is 8.21. The molecule has 4 rings (SSSR count). The molecule has 1 fully saturated rings. The number of hydrogen-bond donors (Lipinski definition) is 0. The van der Waals surface area contributed by atoms with Gasteiger partial charge < -0.3 is 4.57 Å². The molecule has 0 saturated heterocycles. The van der Waals surface area contributed by atoms with E-state index in [2.05, 4.69) is 47.7 Å². The number of ketones is 1. The topological polar surface area (TPSA) is 47.8 Å². The summed E-state index contributed by atoms with van der Waals surface area (Å²) in [6, 6.07) is 8.11. The van der Waals surface area contributed by atoms with Crippen molar-refractivity contribution in [3.05, 3.63) is 46.3 Å². The van der Waals surface area contributed by atoms with Gasteiger partial charge in [-0.05, 0) is 40.0 Å². The molecule has 6 heteroatoms. The molecule has 0 bridgehead atoms. The number of carbonyl (C=O) groups is 1. The number of Topliss-reactive ketones (excluding diaryl/α,β-unsaturated/α-hetero) is 1. The van der Waals surface area contributed by atoms with Crippen LogP contribution in [0.1, 0.15) is 43.9 Å². The third-order valence-electron chi connectivity index (χ3n) is 6.36. The van der Waals surface area contributed by atoms with Crippen LogP contribution < -0.4 is 0 Å². The normalized spacial score (nSPS) is 18.3. The van der Waals surface area contributed by atoms with Crippen LogP contribution in [0.4, 0.5) is 0 Å². The van der Waals surface area contributed by atoms with Crippen LogP contribution in [-0.4, -0.2) is 19.7 Å². The maximum Gasteiger partial charge on any atom is 0.203 e. The Morgan fingerprint density at radius 3 is 2.54 bits per heavy atom.